The summed E-state index contributed by atoms with van der Waals surface area (Å²) < 4.78 is 15.4. The first-order chi connectivity index (χ1) is 14.0. The summed E-state index contributed by atoms with van der Waals surface area (Å²) in [6, 6.07) is 12.4. The summed E-state index contributed by atoms with van der Waals surface area (Å²) in [5.74, 6) is -1.79. The zero-order chi connectivity index (χ0) is 20.5. The molecule has 1 N–H and O–H groups in total. The molecule has 2 aliphatic heterocycles. The Balaban J connectivity index is 1.87. The largest absolute Gasteiger partial charge is 0.507 e. The van der Waals surface area contributed by atoms with E-state index < -0.39 is 30.2 Å². The van der Waals surface area contributed by atoms with Gasteiger partial charge in [-0.15, -0.1) is 0 Å². The molecule has 2 aromatic rings. The fourth-order valence-corrected chi connectivity index (χ4v) is 3.43. The van der Waals surface area contributed by atoms with E-state index in [2.05, 4.69) is 4.74 Å². The van der Waals surface area contributed by atoms with Gasteiger partial charge in [-0.1, -0.05) is 36.4 Å². The van der Waals surface area contributed by atoms with Gasteiger partial charge in [0.2, 0.25) is 6.79 Å². The number of hydrogen-bond acceptors (Lipinski definition) is 7. The first-order valence-corrected chi connectivity index (χ1v) is 8.81. The van der Waals surface area contributed by atoms with Crippen LogP contribution in [0.3, 0.4) is 0 Å². The van der Waals surface area contributed by atoms with E-state index in [1.54, 1.807) is 48.5 Å². The topological polar surface area (TPSA) is 102 Å². The summed E-state index contributed by atoms with van der Waals surface area (Å²) >= 11 is 0. The van der Waals surface area contributed by atoms with Crippen molar-refractivity contribution in [2.75, 3.05) is 20.4 Å². The van der Waals surface area contributed by atoms with E-state index in [4.69, 9.17) is 9.47 Å². The smallest absolute Gasteiger partial charge is 0.325 e. The number of nitrogens with zero attached hydrogens (tertiary/aromatic N) is 1. The Labute approximate surface area is 165 Å². The van der Waals surface area contributed by atoms with Crippen molar-refractivity contribution in [3.63, 3.8) is 0 Å². The molecule has 4 rings (SSSR count). The number of methoxy groups -OCH3 is 1. The lowest BCUT2D eigenvalue weighted by Gasteiger charge is -2.24. The Hall–Kier alpha value is -3.81. The molecule has 0 saturated carbocycles. The monoisotopic (exact) mass is 395 g/mol. The number of carbonyl (C=O) groups is 3. The molecule has 2 aromatic carbocycles. The maximum Gasteiger partial charge on any atom is 0.325 e. The van der Waals surface area contributed by atoms with Crippen molar-refractivity contribution in [3.8, 4) is 11.5 Å². The normalized spacial score (nSPS) is 19.5. The second kappa shape index (κ2) is 7.31. The van der Waals surface area contributed by atoms with E-state index >= 15 is 0 Å². The van der Waals surface area contributed by atoms with Crippen LogP contribution in [0.4, 0.5) is 0 Å². The van der Waals surface area contributed by atoms with Crippen molar-refractivity contribution >= 4 is 23.4 Å². The molecule has 0 aliphatic carbocycles. The molecule has 8 nitrogen and oxygen atoms in total. The highest BCUT2D eigenvalue weighted by molar-refractivity contribution is 6.46. The summed E-state index contributed by atoms with van der Waals surface area (Å²) in [7, 11) is 1.19. The number of likely N-dealkylation sites (tertiary alicyclic amines) is 1. The number of carbonyl (C=O) groups excluding carboxylic acids is 3. The number of benzene rings is 2. The maximum atomic E-state index is 12.8. The molecule has 1 saturated heterocycles. The van der Waals surface area contributed by atoms with Crippen molar-refractivity contribution < 1.29 is 33.7 Å². The zero-order valence-corrected chi connectivity index (χ0v) is 15.5. The van der Waals surface area contributed by atoms with E-state index in [1.165, 1.54) is 7.11 Å². The van der Waals surface area contributed by atoms with Crippen LogP contribution in [0.25, 0.3) is 5.76 Å². The summed E-state index contributed by atoms with van der Waals surface area (Å²) in [4.78, 5) is 38.5. The lowest BCUT2D eigenvalue weighted by Crippen LogP contribution is -2.35. The van der Waals surface area contributed by atoms with Gasteiger partial charge in [0.05, 0.1) is 18.7 Å². The SMILES string of the molecule is COC(=O)CN1C(=O)C(=O)/C(=C(/O)c2ccccc2)C1c1ccc2c(c1)OCO2. The Morgan fingerprint density at radius 2 is 1.86 bits per heavy atom. The van der Waals surface area contributed by atoms with Crippen LogP contribution in [-0.4, -0.2) is 48.1 Å². The molecular formula is C21H17NO7. The Morgan fingerprint density at radius 1 is 1.14 bits per heavy atom. The molecule has 1 atom stereocenters. The highest BCUT2D eigenvalue weighted by Crippen LogP contribution is 2.42. The van der Waals surface area contributed by atoms with Gasteiger partial charge < -0.3 is 24.2 Å². The van der Waals surface area contributed by atoms with E-state index in [9.17, 15) is 19.5 Å². The number of Topliss-reactive ketones (excluding diaryl/α,β-unsaturated/α-hetero) is 1. The average molecular weight is 395 g/mol. The van der Waals surface area contributed by atoms with Crippen molar-refractivity contribution in [3.05, 3.63) is 65.2 Å². The average Bonchev–Trinajstić information content (AvgIpc) is 3.31. The summed E-state index contributed by atoms with van der Waals surface area (Å²) in [6.45, 7) is -0.378. The lowest BCUT2D eigenvalue weighted by atomic mass is 9.95. The lowest BCUT2D eigenvalue weighted by molar-refractivity contribution is -0.148. The van der Waals surface area contributed by atoms with Gasteiger partial charge in [0.1, 0.15) is 12.3 Å². The number of hydrogen-bond donors (Lipinski definition) is 1. The third-order valence-electron chi connectivity index (χ3n) is 4.83. The van der Waals surface area contributed by atoms with Crippen molar-refractivity contribution in [2.45, 2.75) is 6.04 Å². The van der Waals surface area contributed by atoms with Crippen LogP contribution in [0.2, 0.25) is 0 Å². The molecule has 29 heavy (non-hydrogen) atoms. The standard InChI is InChI=1S/C21H17NO7/c1-27-16(23)10-22-18(13-7-8-14-15(9-13)29-11-28-14)17(20(25)21(22)26)19(24)12-5-3-2-4-6-12/h2-9,18,24H,10-11H2,1H3/b19-17+. The fraction of sp³-hybridized carbons (Fsp3) is 0.190. The molecule has 2 heterocycles. The van der Waals surface area contributed by atoms with Crippen LogP contribution in [0, 0.1) is 0 Å². The number of aliphatic hydroxyl groups is 1. The van der Waals surface area contributed by atoms with E-state index in [1.807, 2.05) is 0 Å². The Kier molecular flexibility index (Phi) is 4.67. The van der Waals surface area contributed by atoms with Gasteiger partial charge in [0, 0.05) is 5.56 Å². The predicted molar refractivity (Wildman–Crippen MR) is 100 cm³/mol. The van der Waals surface area contributed by atoms with E-state index in [-0.39, 0.29) is 18.1 Å². The maximum absolute atomic E-state index is 12.8. The minimum atomic E-state index is -0.983. The molecule has 0 bridgehead atoms. The molecule has 0 aromatic heterocycles. The second-order valence-electron chi connectivity index (χ2n) is 6.48. The highest BCUT2D eigenvalue weighted by atomic mass is 16.7. The van der Waals surface area contributed by atoms with E-state index in [0.717, 1.165) is 4.90 Å². The van der Waals surface area contributed by atoms with Gasteiger partial charge in [0.15, 0.2) is 11.5 Å². The number of fused-ring (bicyclic) bond motifs is 1. The van der Waals surface area contributed by atoms with Gasteiger partial charge in [-0.3, -0.25) is 14.4 Å². The molecule has 8 heteroatoms. The predicted octanol–water partition coefficient (Wildman–Crippen LogP) is 2.01. The van der Waals surface area contributed by atoms with Crippen molar-refractivity contribution in [1.29, 1.82) is 0 Å². The molecule has 0 spiro atoms. The minimum Gasteiger partial charge on any atom is -0.507 e. The molecule has 148 valence electrons. The van der Waals surface area contributed by atoms with Gasteiger partial charge in [-0.05, 0) is 17.7 Å². The van der Waals surface area contributed by atoms with Gasteiger partial charge in [0.25, 0.3) is 11.7 Å². The first-order valence-electron chi connectivity index (χ1n) is 8.81. The van der Waals surface area contributed by atoms with Crippen molar-refractivity contribution in [1.82, 2.24) is 4.90 Å². The number of amides is 1. The molecule has 2 aliphatic rings. The van der Waals surface area contributed by atoms with E-state index in [0.29, 0.717) is 22.6 Å². The quantitative estimate of drug-likeness (QED) is 0.366. The molecule has 1 amide bonds. The Bertz CT molecular complexity index is 1030. The van der Waals surface area contributed by atoms with Gasteiger partial charge >= 0.3 is 5.97 Å². The van der Waals surface area contributed by atoms with Crippen LogP contribution in [-0.2, 0) is 19.1 Å². The zero-order valence-electron chi connectivity index (χ0n) is 15.5. The van der Waals surface area contributed by atoms with Crippen LogP contribution in [0.15, 0.2) is 54.1 Å². The highest BCUT2D eigenvalue weighted by Gasteiger charge is 2.47. The van der Waals surface area contributed by atoms with Gasteiger partial charge in [-0.2, -0.15) is 0 Å². The van der Waals surface area contributed by atoms with Crippen LogP contribution in [0.5, 0.6) is 11.5 Å². The molecule has 1 fully saturated rings. The second-order valence-corrected chi connectivity index (χ2v) is 6.48. The van der Waals surface area contributed by atoms with Gasteiger partial charge in [-0.25, -0.2) is 0 Å². The number of rotatable bonds is 4. The molecule has 0 radical (unpaired) electrons. The van der Waals surface area contributed by atoms with Crippen molar-refractivity contribution in [2.24, 2.45) is 0 Å². The number of esters is 1. The fourth-order valence-electron chi connectivity index (χ4n) is 3.43. The third kappa shape index (κ3) is 3.18. The summed E-state index contributed by atoms with van der Waals surface area (Å²) in [5.41, 5.74) is 0.771. The first kappa shape index (κ1) is 18.5. The molecular weight excluding hydrogens is 378 g/mol. The summed E-state index contributed by atoms with van der Waals surface area (Å²) in [5, 5.41) is 10.9. The van der Waals surface area contributed by atoms with Crippen LogP contribution < -0.4 is 9.47 Å². The number of ketones is 1. The van der Waals surface area contributed by atoms with Crippen LogP contribution in [0.1, 0.15) is 17.2 Å². The minimum absolute atomic E-state index is 0.0607. The number of ether oxygens (including phenoxy) is 3. The molecule has 1 unspecified atom stereocenters. The van der Waals surface area contributed by atoms with Crippen LogP contribution >= 0.6 is 0 Å². The summed E-state index contributed by atoms with van der Waals surface area (Å²) in [6.07, 6.45) is 0. The number of aliphatic hydroxyl groups excluding tert-OH is 1. The Morgan fingerprint density at radius 3 is 2.59 bits per heavy atom. The third-order valence-corrected chi connectivity index (χ3v) is 4.83.